The number of imide groups is 1. The van der Waals surface area contributed by atoms with Crippen molar-refractivity contribution < 1.29 is 52.9 Å². The third-order valence-corrected chi connectivity index (χ3v) is 16.1. The number of hydrogen-bond donors (Lipinski definition) is 1. The van der Waals surface area contributed by atoms with Gasteiger partial charge < -0.3 is 33.7 Å². The van der Waals surface area contributed by atoms with Crippen molar-refractivity contribution >= 4 is 35.3 Å². The van der Waals surface area contributed by atoms with Crippen LogP contribution in [0.15, 0.2) is 157 Å². The number of carbonyl (C=O) groups is 4. The summed E-state index contributed by atoms with van der Waals surface area (Å²) in [6.07, 6.45) is 3.90. The molecule has 12 rings (SSSR count). The number of rotatable bonds is 12. The normalized spacial score (nSPS) is 23.1. The summed E-state index contributed by atoms with van der Waals surface area (Å²) < 4.78 is 30.0. The lowest BCUT2D eigenvalue weighted by Gasteiger charge is -2.46. The van der Waals surface area contributed by atoms with Crippen molar-refractivity contribution in [2.45, 2.75) is 68.5 Å². The number of cyclic esters (lactones) is 1. The summed E-state index contributed by atoms with van der Waals surface area (Å²) in [6, 6.07) is 39.1. The highest BCUT2D eigenvalue weighted by Gasteiger charge is 2.76. The van der Waals surface area contributed by atoms with E-state index in [-0.39, 0.29) is 56.6 Å². The van der Waals surface area contributed by atoms with Crippen LogP contribution in [0.2, 0.25) is 0 Å². The van der Waals surface area contributed by atoms with Gasteiger partial charge in [-0.2, -0.15) is 0 Å². The molecule has 0 radical (unpaired) electrons. The molecule has 3 fully saturated rings. The Morgan fingerprint density at radius 3 is 2.24 bits per heavy atom. The molecule has 406 valence electrons. The molecule has 80 heavy (non-hydrogen) atoms. The van der Waals surface area contributed by atoms with E-state index in [1.807, 2.05) is 89.8 Å². The molecule has 1 N–H and O–H groups in total. The molecule has 6 atom stereocenters. The van der Waals surface area contributed by atoms with E-state index in [1.54, 1.807) is 41.3 Å². The lowest BCUT2D eigenvalue weighted by atomic mass is 9.64. The number of aliphatic hydroxyl groups is 1. The maximum atomic E-state index is 17.0. The van der Waals surface area contributed by atoms with Crippen LogP contribution < -0.4 is 19.1 Å². The predicted molar refractivity (Wildman–Crippen MR) is 292 cm³/mol. The molecule has 0 aromatic heterocycles. The van der Waals surface area contributed by atoms with E-state index < -0.39 is 64.4 Å². The molecule has 1 spiro atoms. The topological polar surface area (TPSA) is 191 Å². The second-order valence-corrected chi connectivity index (χ2v) is 20.8. The number of piperazine rings is 1. The Balaban J connectivity index is 1.05. The Morgan fingerprint density at radius 2 is 1.50 bits per heavy atom. The molecule has 17 nitrogen and oxygen atoms in total. The Hall–Kier alpha value is -8.82. The molecule has 6 aromatic carbocycles. The van der Waals surface area contributed by atoms with Gasteiger partial charge in [0.2, 0.25) is 18.6 Å². The molecule has 3 amide bonds. The summed E-state index contributed by atoms with van der Waals surface area (Å²) >= 11 is 0. The van der Waals surface area contributed by atoms with E-state index in [0.717, 1.165) is 47.3 Å². The van der Waals surface area contributed by atoms with Crippen LogP contribution >= 0.6 is 0 Å². The second kappa shape index (κ2) is 22.1. The fraction of sp³-hybridized carbons (Fsp3) is 0.302. The number of aliphatic hydroxyl groups excluding tert-OH is 1. The largest absolute Gasteiger partial charge is 0.491 e. The lowest BCUT2D eigenvalue weighted by molar-refractivity contribution is -0.384. The number of nitro benzene ring substituents is 1. The zero-order valence-electron chi connectivity index (χ0n) is 43.7. The quantitative estimate of drug-likeness (QED) is 0.0529. The number of morpholine rings is 1. The number of hydrogen-bond acceptors (Lipinski definition) is 14. The Bertz CT molecular complexity index is 3460. The number of esters is 1. The monoisotopic (exact) mass is 1080 g/mol. The van der Waals surface area contributed by atoms with E-state index >= 15 is 19.2 Å². The number of nitrogens with zero attached hydrogens (tertiary/aromatic N) is 5. The average molecular weight is 1080 g/mol. The van der Waals surface area contributed by atoms with Crippen LogP contribution in [0.25, 0.3) is 0 Å². The smallest absolute Gasteiger partial charge is 0.421 e. The number of nitro groups is 1. The van der Waals surface area contributed by atoms with E-state index in [1.165, 1.54) is 24.3 Å². The van der Waals surface area contributed by atoms with Gasteiger partial charge in [0, 0.05) is 50.4 Å². The summed E-state index contributed by atoms with van der Waals surface area (Å²) in [5.74, 6) is 4.88. The lowest BCUT2D eigenvalue weighted by Crippen LogP contribution is -2.59. The highest BCUT2D eigenvalue weighted by Crippen LogP contribution is 2.66. The maximum Gasteiger partial charge on any atom is 0.421 e. The molecular weight excluding hydrogens is 1020 g/mol. The van der Waals surface area contributed by atoms with Crippen molar-refractivity contribution in [3.63, 3.8) is 0 Å². The Labute approximate surface area is 462 Å². The van der Waals surface area contributed by atoms with Crippen LogP contribution in [0.5, 0.6) is 17.2 Å². The van der Waals surface area contributed by atoms with Gasteiger partial charge in [-0.3, -0.25) is 34.3 Å². The van der Waals surface area contributed by atoms with Gasteiger partial charge >= 0.3 is 12.1 Å². The fourth-order valence-corrected chi connectivity index (χ4v) is 12.5. The van der Waals surface area contributed by atoms with E-state index in [2.05, 4.69) is 22.8 Å². The van der Waals surface area contributed by atoms with E-state index in [9.17, 15) is 15.2 Å². The molecule has 3 saturated heterocycles. The molecule has 0 bridgehead atoms. The summed E-state index contributed by atoms with van der Waals surface area (Å²) in [6.45, 7) is 1.42. The van der Waals surface area contributed by atoms with Gasteiger partial charge in [-0.15, -0.1) is 0 Å². The maximum absolute atomic E-state index is 17.0. The van der Waals surface area contributed by atoms with Gasteiger partial charge in [0.1, 0.15) is 36.5 Å². The number of anilines is 1. The molecule has 6 aliphatic rings. The summed E-state index contributed by atoms with van der Waals surface area (Å²) in [5, 5.41) is 21.5. The van der Waals surface area contributed by atoms with Gasteiger partial charge in [-0.25, -0.2) is 9.69 Å². The first-order chi connectivity index (χ1) is 39.1. The van der Waals surface area contributed by atoms with Gasteiger partial charge in [0.25, 0.3) is 5.69 Å². The van der Waals surface area contributed by atoms with Gasteiger partial charge in [-0.1, -0.05) is 96.8 Å². The molecular formula is C63H57N5O12. The van der Waals surface area contributed by atoms with Crippen molar-refractivity contribution in [3.8, 4) is 29.1 Å². The first-order valence-electron chi connectivity index (χ1n) is 27.0. The minimum atomic E-state index is -2.10. The van der Waals surface area contributed by atoms with Crippen molar-refractivity contribution in [1.82, 2.24) is 14.7 Å². The first-order valence-corrected chi connectivity index (χ1v) is 27.0. The number of fused-ring (bicyclic) bond motifs is 4. The fourth-order valence-electron chi connectivity index (χ4n) is 12.5. The second-order valence-electron chi connectivity index (χ2n) is 20.8. The zero-order valence-corrected chi connectivity index (χ0v) is 43.7. The number of carbonyl (C=O) groups excluding carboxylic acids is 4. The van der Waals surface area contributed by atoms with Gasteiger partial charge in [0.15, 0.2) is 11.5 Å². The third kappa shape index (κ3) is 9.58. The first kappa shape index (κ1) is 51.9. The minimum absolute atomic E-state index is 0.0446. The molecule has 6 aromatic rings. The highest BCUT2D eigenvalue weighted by atomic mass is 16.7. The molecule has 6 unspecified atom stereocenters. The summed E-state index contributed by atoms with van der Waals surface area (Å²) in [5.41, 5.74) is 3.02. The van der Waals surface area contributed by atoms with Crippen molar-refractivity contribution in [2.24, 2.45) is 5.92 Å². The van der Waals surface area contributed by atoms with Crippen LogP contribution in [0.1, 0.15) is 82.8 Å². The molecule has 17 heteroatoms. The van der Waals surface area contributed by atoms with Crippen LogP contribution in [0.3, 0.4) is 0 Å². The van der Waals surface area contributed by atoms with Gasteiger partial charge in [0.05, 0.1) is 35.2 Å². The van der Waals surface area contributed by atoms with Crippen molar-refractivity contribution in [2.75, 3.05) is 51.1 Å². The predicted octanol–water partition coefficient (Wildman–Crippen LogP) is 8.89. The summed E-state index contributed by atoms with van der Waals surface area (Å²) in [4.78, 5) is 82.4. The zero-order chi connectivity index (χ0) is 54.9. The van der Waals surface area contributed by atoms with Crippen LogP contribution in [0, 0.1) is 27.9 Å². The highest BCUT2D eigenvalue weighted by molar-refractivity contribution is 6.23. The average Bonchev–Trinajstić information content (AvgIpc) is 2.45. The Morgan fingerprint density at radius 1 is 0.762 bits per heavy atom. The standard InChI is InChI=1S/C63H57N5O12/c69-33-34-76-49-18-10-17-47(37-49)58-63(50-35-42(20-19-41-11-4-1-5-12-41)23-27-51(50)66(61(63)72)62(73)77-39-43-21-25-48(26-22-43)68(74)75)54(59(70)65-31-29-64(30-32-65)38-44-24-28-52-53(36-44)79-40-78-52)56-60(71)80-57(46-15-8-3-9-16-46)55(67(56)58)45-13-6-2-7-14-45/h2-3,6-11,13-18,21-28,35-37,54-58,69H,1,4-5,12,29-34,38-40H2. The number of ether oxygens (including phenoxy) is 5. The number of non-ortho nitro benzene ring substituents is 1. The van der Waals surface area contributed by atoms with Crippen molar-refractivity contribution in [3.05, 3.63) is 206 Å². The van der Waals surface area contributed by atoms with E-state index in [4.69, 9.17) is 23.7 Å². The number of amides is 3. The van der Waals surface area contributed by atoms with Gasteiger partial charge in [-0.05, 0) is 119 Å². The molecule has 5 heterocycles. The third-order valence-electron chi connectivity index (χ3n) is 16.1. The number of benzene rings is 6. The summed E-state index contributed by atoms with van der Waals surface area (Å²) in [7, 11) is 0. The van der Waals surface area contributed by atoms with Crippen LogP contribution in [-0.2, 0) is 42.4 Å². The van der Waals surface area contributed by atoms with Crippen LogP contribution in [0.4, 0.5) is 16.2 Å². The van der Waals surface area contributed by atoms with E-state index in [0.29, 0.717) is 59.1 Å². The van der Waals surface area contributed by atoms with Crippen LogP contribution in [-0.4, -0.2) is 101 Å². The Kier molecular flexibility index (Phi) is 14.4. The minimum Gasteiger partial charge on any atom is -0.491 e. The number of allylic oxidation sites excluding steroid dienone is 2. The molecule has 1 aliphatic carbocycles. The van der Waals surface area contributed by atoms with Crippen molar-refractivity contribution in [1.29, 1.82) is 0 Å². The molecule has 0 saturated carbocycles. The SMILES string of the molecule is O=C1OC(c2ccccc2)C(c2ccccc2)N2C1C(C(=O)N1CCN(Cc3ccc4c(c3)OCO4)CC1)C1(C(=O)N(C(=O)OCc3ccc([N+](=O)[O-])cc3)c3ccc(C#CC4=CCCCC4)cc31)C2c1cccc(OCCO)c1. The molecule has 5 aliphatic heterocycles.